The van der Waals surface area contributed by atoms with Crippen LogP contribution in [0.2, 0.25) is 5.02 Å². The van der Waals surface area contributed by atoms with Gasteiger partial charge in [-0.25, -0.2) is 14.4 Å². The number of aromatic nitrogens is 2. The molecule has 0 atom stereocenters. The molecule has 1 aliphatic rings. The zero-order valence-electron chi connectivity index (χ0n) is 19.7. The molecule has 0 amide bonds. The van der Waals surface area contributed by atoms with E-state index < -0.39 is 11.4 Å². The highest BCUT2D eigenvalue weighted by molar-refractivity contribution is 6.31. The molecule has 0 spiro atoms. The molecule has 1 saturated heterocycles. The van der Waals surface area contributed by atoms with Gasteiger partial charge >= 0.3 is 0 Å². The summed E-state index contributed by atoms with van der Waals surface area (Å²) in [5, 5.41) is 15.7. The molecule has 180 valence electrons. The summed E-state index contributed by atoms with van der Waals surface area (Å²) >= 11 is 5.89. The Morgan fingerprint density at radius 2 is 1.94 bits per heavy atom. The van der Waals surface area contributed by atoms with Crippen LogP contribution in [0.15, 0.2) is 36.7 Å². The first-order chi connectivity index (χ1) is 16.1. The topological polar surface area (TPSA) is 87.4 Å². The Labute approximate surface area is 202 Å². The van der Waals surface area contributed by atoms with E-state index in [1.807, 2.05) is 20.9 Å². The molecular formula is C24H28ClFN6O2. The summed E-state index contributed by atoms with van der Waals surface area (Å²) in [6, 6.07) is 7.83. The smallest absolute Gasteiger partial charge is 0.275 e. The Morgan fingerprint density at radius 3 is 2.59 bits per heavy atom. The zero-order valence-corrected chi connectivity index (χ0v) is 20.4. The highest BCUT2D eigenvalue weighted by atomic mass is 35.5. The van der Waals surface area contributed by atoms with E-state index in [-0.39, 0.29) is 15.6 Å². The molecule has 0 saturated carbocycles. The number of nitro groups is 1. The lowest BCUT2D eigenvalue weighted by molar-refractivity contribution is -0.386. The molecule has 10 heteroatoms. The first kappa shape index (κ1) is 24.3. The predicted molar refractivity (Wildman–Crippen MR) is 132 cm³/mol. The van der Waals surface area contributed by atoms with Gasteiger partial charge in [0.05, 0.1) is 21.0 Å². The van der Waals surface area contributed by atoms with Gasteiger partial charge in [-0.15, -0.1) is 0 Å². The fourth-order valence-electron chi connectivity index (χ4n) is 4.57. The number of hydrogen-bond acceptors (Lipinski definition) is 7. The number of nitrogens with one attached hydrogen (secondary N) is 1. The van der Waals surface area contributed by atoms with Crippen molar-refractivity contribution in [3.8, 4) is 0 Å². The molecule has 0 radical (unpaired) electrons. The number of piperidine rings is 1. The van der Waals surface area contributed by atoms with Crippen molar-refractivity contribution >= 4 is 39.7 Å². The van der Waals surface area contributed by atoms with Crippen LogP contribution >= 0.6 is 11.6 Å². The second-order valence-corrected chi connectivity index (χ2v) is 9.73. The summed E-state index contributed by atoms with van der Waals surface area (Å²) in [6.45, 7) is 6.03. The molecule has 2 aromatic carbocycles. The second kappa shape index (κ2) is 9.40. The number of likely N-dealkylation sites (tertiary alicyclic amines) is 1. The van der Waals surface area contributed by atoms with Crippen molar-refractivity contribution in [2.45, 2.75) is 38.3 Å². The Bertz CT molecular complexity index is 1230. The van der Waals surface area contributed by atoms with E-state index in [9.17, 15) is 14.5 Å². The molecular weight excluding hydrogens is 459 g/mol. The summed E-state index contributed by atoms with van der Waals surface area (Å²) in [4.78, 5) is 25.0. The van der Waals surface area contributed by atoms with Gasteiger partial charge in [-0.05, 0) is 78.1 Å². The normalized spacial score (nSPS) is 15.7. The maximum atomic E-state index is 13.5. The monoisotopic (exact) mass is 486 g/mol. The molecule has 0 unspecified atom stereocenters. The average Bonchev–Trinajstić information content (AvgIpc) is 2.81. The molecule has 8 nitrogen and oxygen atoms in total. The number of fused-ring (bicyclic) bond motifs is 1. The number of nitrogens with zero attached hydrogens (tertiary/aromatic N) is 5. The van der Waals surface area contributed by atoms with E-state index >= 15 is 0 Å². The van der Waals surface area contributed by atoms with Crippen LogP contribution < -0.4 is 5.32 Å². The molecule has 1 fully saturated rings. The van der Waals surface area contributed by atoms with Crippen molar-refractivity contribution < 1.29 is 9.31 Å². The van der Waals surface area contributed by atoms with Crippen LogP contribution in [0.4, 0.5) is 21.6 Å². The Balaban J connectivity index is 1.75. The summed E-state index contributed by atoms with van der Waals surface area (Å²) < 4.78 is 13.5. The molecule has 1 aromatic heterocycles. The Hall–Kier alpha value is -2.88. The van der Waals surface area contributed by atoms with E-state index in [4.69, 9.17) is 11.6 Å². The van der Waals surface area contributed by atoms with Crippen molar-refractivity contribution in [1.82, 2.24) is 19.8 Å². The van der Waals surface area contributed by atoms with E-state index in [1.54, 1.807) is 6.07 Å². The number of hydrogen-bond donors (Lipinski definition) is 1. The fourth-order valence-corrected chi connectivity index (χ4v) is 4.75. The van der Waals surface area contributed by atoms with Gasteiger partial charge in [-0.2, -0.15) is 0 Å². The standard InChI is InChI=1S/C24H28ClFN6O2/c1-24(2,31(4)16-7-9-30(3)10-8-16)18-13-21-17(12-22(18)32(33)34)23(28-14-27-21)29-15-5-6-20(26)19(25)11-15/h5-6,11-14,16H,7-10H2,1-4H3,(H,27,28,29). The number of benzene rings is 2. The van der Waals surface area contributed by atoms with Crippen molar-refractivity contribution in [2.75, 3.05) is 32.5 Å². The van der Waals surface area contributed by atoms with Crippen molar-refractivity contribution in [3.63, 3.8) is 0 Å². The number of rotatable bonds is 6. The quantitative estimate of drug-likeness (QED) is 0.372. The van der Waals surface area contributed by atoms with E-state index in [0.29, 0.717) is 34.0 Å². The molecule has 2 heterocycles. The van der Waals surface area contributed by atoms with Crippen LogP contribution in [0.3, 0.4) is 0 Å². The Kier molecular flexibility index (Phi) is 6.71. The minimum absolute atomic E-state index is 0.00673. The number of nitro benzene ring substituents is 1. The van der Waals surface area contributed by atoms with E-state index in [2.05, 4.69) is 32.1 Å². The lowest BCUT2D eigenvalue weighted by Crippen LogP contribution is -2.49. The first-order valence-corrected chi connectivity index (χ1v) is 11.5. The fraction of sp³-hybridized carbons (Fsp3) is 0.417. The molecule has 34 heavy (non-hydrogen) atoms. The van der Waals surface area contributed by atoms with Crippen LogP contribution in [0.25, 0.3) is 10.9 Å². The number of halogens is 2. The van der Waals surface area contributed by atoms with Crippen molar-refractivity contribution in [1.29, 1.82) is 0 Å². The average molecular weight is 487 g/mol. The van der Waals surface area contributed by atoms with Gasteiger partial charge < -0.3 is 10.2 Å². The number of anilines is 2. The van der Waals surface area contributed by atoms with Gasteiger partial charge in [0.2, 0.25) is 0 Å². The third kappa shape index (κ3) is 4.68. The van der Waals surface area contributed by atoms with Gasteiger partial charge in [-0.3, -0.25) is 15.0 Å². The third-order valence-corrected chi connectivity index (χ3v) is 7.20. The minimum Gasteiger partial charge on any atom is -0.340 e. The van der Waals surface area contributed by atoms with Crippen LogP contribution in [0.1, 0.15) is 32.3 Å². The minimum atomic E-state index is -0.597. The van der Waals surface area contributed by atoms with E-state index in [0.717, 1.165) is 25.9 Å². The summed E-state index contributed by atoms with van der Waals surface area (Å²) in [7, 11) is 4.15. The molecule has 1 aliphatic heterocycles. The SMILES string of the molecule is CN1CCC(N(C)C(C)(C)c2cc3ncnc(Nc4ccc(F)c(Cl)c4)c3cc2[N+](=O)[O-])CC1. The predicted octanol–water partition coefficient (Wildman–Crippen LogP) is 5.34. The van der Waals surface area contributed by atoms with Crippen molar-refractivity contribution in [3.05, 3.63) is 63.2 Å². The maximum absolute atomic E-state index is 13.5. The van der Waals surface area contributed by atoms with Crippen LogP contribution in [0.5, 0.6) is 0 Å². The van der Waals surface area contributed by atoms with Gasteiger partial charge in [0.15, 0.2) is 0 Å². The molecule has 0 bridgehead atoms. The summed E-state index contributed by atoms with van der Waals surface area (Å²) in [5.74, 6) is -0.153. The van der Waals surface area contributed by atoms with Crippen molar-refractivity contribution in [2.24, 2.45) is 0 Å². The molecule has 0 aliphatic carbocycles. The summed E-state index contributed by atoms with van der Waals surface area (Å²) in [5.41, 5.74) is 1.10. The van der Waals surface area contributed by atoms with Crippen LogP contribution in [-0.4, -0.2) is 57.9 Å². The van der Waals surface area contributed by atoms with E-state index in [1.165, 1.54) is 30.6 Å². The highest BCUT2D eigenvalue weighted by Crippen LogP contribution is 2.40. The Morgan fingerprint density at radius 1 is 1.24 bits per heavy atom. The summed E-state index contributed by atoms with van der Waals surface area (Å²) in [6.07, 6.45) is 3.42. The zero-order chi connectivity index (χ0) is 24.6. The largest absolute Gasteiger partial charge is 0.340 e. The van der Waals surface area contributed by atoms with Gasteiger partial charge in [-0.1, -0.05) is 11.6 Å². The van der Waals surface area contributed by atoms with Gasteiger partial charge in [0.1, 0.15) is 18.0 Å². The lowest BCUT2D eigenvalue weighted by atomic mass is 9.87. The molecule has 3 aromatic rings. The molecule has 4 rings (SSSR count). The van der Waals surface area contributed by atoms with Gasteiger partial charge in [0, 0.05) is 28.7 Å². The molecule has 1 N–H and O–H groups in total. The van der Waals surface area contributed by atoms with Gasteiger partial charge in [0.25, 0.3) is 5.69 Å². The van der Waals surface area contributed by atoms with Crippen LogP contribution in [0, 0.1) is 15.9 Å². The van der Waals surface area contributed by atoms with Crippen LogP contribution in [-0.2, 0) is 5.54 Å². The third-order valence-electron chi connectivity index (χ3n) is 6.91. The maximum Gasteiger partial charge on any atom is 0.275 e. The first-order valence-electron chi connectivity index (χ1n) is 11.1. The lowest BCUT2D eigenvalue weighted by Gasteiger charge is -2.44. The second-order valence-electron chi connectivity index (χ2n) is 9.32. The highest BCUT2D eigenvalue weighted by Gasteiger charge is 2.37.